The first-order valence-corrected chi connectivity index (χ1v) is 7.85. The van der Waals surface area contributed by atoms with Crippen LogP contribution in [0.5, 0.6) is 0 Å². The summed E-state index contributed by atoms with van der Waals surface area (Å²) in [6.07, 6.45) is 5.62. The van der Waals surface area contributed by atoms with Gasteiger partial charge in [0, 0.05) is 18.3 Å². The highest BCUT2D eigenvalue weighted by molar-refractivity contribution is 5.86. The van der Waals surface area contributed by atoms with Crippen molar-refractivity contribution in [1.82, 2.24) is 5.32 Å². The fourth-order valence-electron chi connectivity index (χ4n) is 2.86. The van der Waals surface area contributed by atoms with E-state index in [9.17, 15) is 4.79 Å². The molecule has 0 radical (unpaired) electrons. The summed E-state index contributed by atoms with van der Waals surface area (Å²) in [7, 11) is 0. The summed E-state index contributed by atoms with van der Waals surface area (Å²) in [4.78, 5) is 12.5. The minimum absolute atomic E-state index is 0.000996. The van der Waals surface area contributed by atoms with Gasteiger partial charge in [0.2, 0.25) is 5.91 Å². The van der Waals surface area contributed by atoms with Crippen LogP contribution >= 0.6 is 0 Å². The molecule has 2 atom stereocenters. The van der Waals surface area contributed by atoms with Gasteiger partial charge in [0.25, 0.3) is 0 Å². The molecule has 2 N–H and O–H groups in total. The van der Waals surface area contributed by atoms with Crippen LogP contribution in [0.25, 0.3) is 0 Å². The maximum absolute atomic E-state index is 12.5. The zero-order chi connectivity index (χ0) is 14.4. The molecule has 1 aliphatic heterocycles. The van der Waals surface area contributed by atoms with Crippen molar-refractivity contribution in [2.75, 3.05) is 11.9 Å². The average Bonchev–Trinajstić information content (AvgIpc) is 2.47. The monoisotopic (exact) mass is 274 g/mol. The summed E-state index contributed by atoms with van der Waals surface area (Å²) in [5.41, 5.74) is 2.24. The molecule has 0 fully saturated rings. The van der Waals surface area contributed by atoms with E-state index < -0.39 is 0 Å². The fraction of sp³-hybridized carbons (Fsp3) is 0.588. The van der Waals surface area contributed by atoms with E-state index >= 15 is 0 Å². The average molecular weight is 274 g/mol. The van der Waals surface area contributed by atoms with Gasteiger partial charge in [0.15, 0.2) is 0 Å². The minimum Gasteiger partial charge on any atom is -0.385 e. The van der Waals surface area contributed by atoms with Crippen LogP contribution in [-0.2, 0) is 4.79 Å². The molecule has 1 aromatic carbocycles. The van der Waals surface area contributed by atoms with Gasteiger partial charge in [-0.2, -0.15) is 0 Å². The van der Waals surface area contributed by atoms with Crippen molar-refractivity contribution in [2.24, 2.45) is 0 Å². The second kappa shape index (κ2) is 7.32. The molecular formula is C17H26N2O. The Kier molecular flexibility index (Phi) is 5.45. The number of anilines is 1. The first-order valence-electron chi connectivity index (χ1n) is 7.85. The number of amides is 1. The molecular weight excluding hydrogens is 248 g/mol. The maximum atomic E-state index is 12.5. The second-order valence-electron chi connectivity index (χ2n) is 5.76. The van der Waals surface area contributed by atoms with E-state index in [4.69, 9.17) is 0 Å². The van der Waals surface area contributed by atoms with Crippen molar-refractivity contribution in [3.8, 4) is 0 Å². The largest absolute Gasteiger partial charge is 0.385 e. The molecule has 20 heavy (non-hydrogen) atoms. The summed E-state index contributed by atoms with van der Waals surface area (Å²) in [5, 5.41) is 6.55. The molecule has 0 aliphatic carbocycles. The van der Waals surface area contributed by atoms with Gasteiger partial charge in [0.05, 0.1) is 5.92 Å². The first kappa shape index (κ1) is 14.9. The molecule has 3 heteroatoms. The Bertz CT molecular complexity index is 444. The van der Waals surface area contributed by atoms with E-state index in [1.807, 2.05) is 12.1 Å². The van der Waals surface area contributed by atoms with E-state index in [-0.39, 0.29) is 17.9 Å². The molecule has 0 saturated heterocycles. The standard InChI is InChI=1S/C17H26N2O/c1-3-4-5-8-13(2)19-17(20)15-11-12-18-16-10-7-6-9-14(15)16/h6-7,9-10,13,15,18H,3-5,8,11-12H2,1-2H3,(H,19,20). The van der Waals surface area contributed by atoms with Gasteiger partial charge in [0.1, 0.15) is 0 Å². The zero-order valence-electron chi connectivity index (χ0n) is 12.6. The lowest BCUT2D eigenvalue weighted by Gasteiger charge is -2.27. The third-order valence-electron chi connectivity index (χ3n) is 4.03. The second-order valence-corrected chi connectivity index (χ2v) is 5.76. The summed E-state index contributed by atoms with van der Waals surface area (Å²) in [6, 6.07) is 8.42. The van der Waals surface area contributed by atoms with Crippen molar-refractivity contribution in [1.29, 1.82) is 0 Å². The van der Waals surface area contributed by atoms with E-state index in [2.05, 4.69) is 36.6 Å². The van der Waals surface area contributed by atoms with Crippen LogP contribution in [-0.4, -0.2) is 18.5 Å². The number of para-hydroxylation sites is 1. The Morgan fingerprint density at radius 1 is 1.40 bits per heavy atom. The molecule has 1 aromatic rings. The third kappa shape index (κ3) is 3.75. The Balaban J connectivity index is 1.93. The molecule has 0 bridgehead atoms. The third-order valence-corrected chi connectivity index (χ3v) is 4.03. The molecule has 0 saturated carbocycles. The van der Waals surface area contributed by atoms with Crippen molar-refractivity contribution in [3.05, 3.63) is 29.8 Å². The number of fused-ring (bicyclic) bond motifs is 1. The highest BCUT2D eigenvalue weighted by Crippen LogP contribution is 2.31. The van der Waals surface area contributed by atoms with Gasteiger partial charge in [-0.15, -0.1) is 0 Å². The van der Waals surface area contributed by atoms with Crippen molar-refractivity contribution < 1.29 is 4.79 Å². The van der Waals surface area contributed by atoms with Gasteiger partial charge < -0.3 is 10.6 Å². The zero-order valence-corrected chi connectivity index (χ0v) is 12.6. The predicted octanol–water partition coefficient (Wildman–Crippen LogP) is 3.67. The van der Waals surface area contributed by atoms with Gasteiger partial charge in [-0.1, -0.05) is 44.4 Å². The summed E-state index contributed by atoms with van der Waals surface area (Å²) in [6.45, 7) is 5.19. The number of hydrogen-bond donors (Lipinski definition) is 2. The lowest BCUT2D eigenvalue weighted by molar-refractivity contribution is -0.123. The number of unbranched alkanes of at least 4 members (excludes halogenated alkanes) is 2. The van der Waals surface area contributed by atoms with Crippen molar-refractivity contribution in [3.63, 3.8) is 0 Å². The predicted molar refractivity (Wildman–Crippen MR) is 84.0 cm³/mol. The minimum atomic E-state index is 0.000996. The Hall–Kier alpha value is -1.51. The Morgan fingerprint density at radius 3 is 3.00 bits per heavy atom. The summed E-state index contributed by atoms with van der Waals surface area (Å²) >= 11 is 0. The summed E-state index contributed by atoms with van der Waals surface area (Å²) in [5.74, 6) is 0.184. The van der Waals surface area contributed by atoms with Crippen LogP contribution in [0.1, 0.15) is 57.4 Å². The fourth-order valence-corrected chi connectivity index (χ4v) is 2.86. The molecule has 2 unspecified atom stereocenters. The normalized spacial score (nSPS) is 18.8. The van der Waals surface area contributed by atoms with Gasteiger partial charge in [-0.3, -0.25) is 4.79 Å². The highest BCUT2D eigenvalue weighted by Gasteiger charge is 2.26. The van der Waals surface area contributed by atoms with E-state index in [0.29, 0.717) is 0 Å². The van der Waals surface area contributed by atoms with E-state index in [1.165, 1.54) is 19.3 Å². The molecule has 3 nitrogen and oxygen atoms in total. The topological polar surface area (TPSA) is 41.1 Å². The van der Waals surface area contributed by atoms with Gasteiger partial charge >= 0.3 is 0 Å². The molecule has 0 spiro atoms. The number of nitrogens with one attached hydrogen (secondary N) is 2. The number of hydrogen-bond acceptors (Lipinski definition) is 2. The summed E-state index contributed by atoms with van der Waals surface area (Å²) < 4.78 is 0. The van der Waals surface area contributed by atoms with Crippen LogP contribution < -0.4 is 10.6 Å². The lowest BCUT2D eigenvalue weighted by atomic mass is 9.90. The Labute approximate surface area is 122 Å². The molecule has 1 amide bonds. The maximum Gasteiger partial charge on any atom is 0.227 e. The smallest absolute Gasteiger partial charge is 0.227 e. The SMILES string of the molecule is CCCCCC(C)NC(=O)C1CCNc2ccccc21. The molecule has 1 heterocycles. The first-order chi connectivity index (χ1) is 9.72. The van der Waals surface area contributed by atoms with Crippen LogP contribution in [0.4, 0.5) is 5.69 Å². The van der Waals surface area contributed by atoms with Crippen molar-refractivity contribution >= 4 is 11.6 Å². The van der Waals surface area contributed by atoms with Crippen LogP contribution in [0.3, 0.4) is 0 Å². The van der Waals surface area contributed by atoms with Gasteiger partial charge in [-0.25, -0.2) is 0 Å². The number of carbonyl (C=O) groups excluding carboxylic acids is 1. The number of benzene rings is 1. The van der Waals surface area contributed by atoms with Crippen LogP contribution in [0.15, 0.2) is 24.3 Å². The molecule has 1 aliphatic rings. The van der Waals surface area contributed by atoms with E-state index in [1.54, 1.807) is 0 Å². The molecule has 110 valence electrons. The Morgan fingerprint density at radius 2 is 2.20 bits per heavy atom. The number of rotatable bonds is 6. The lowest BCUT2D eigenvalue weighted by Crippen LogP contribution is -2.38. The van der Waals surface area contributed by atoms with E-state index in [0.717, 1.165) is 30.6 Å². The highest BCUT2D eigenvalue weighted by atomic mass is 16.1. The van der Waals surface area contributed by atoms with Gasteiger partial charge in [-0.05, 0) is 31.4 Å². The molecule has 0 aromatic heterocycles. The van der Waals surface area contributed by atoms with Crippen LogP contribution in [0.2, 0.25) is 0 Å². The molecule has 2 rings (SSSR count). The van der Waals surface area contributed by atoms with Crippen molar-refractivity contribution in [2.45, 2.75) is 57.9 Å². The number of carbonyl (C=O) groups is 1. The van der Waals surface area contributed by atoms with Crippen LogP contribution in [0, 0.1) is 0 Å². The quantitative estimate of drug-likeness (QED) is 0.777.